The van der Waals surface area contributed by atoms with Crippen molar-refractivity contribution in [2.75, 3.05) is 0 Å². The molecule has 1 amide bonds. The Hall–Kier alpha value is -1.85. The van der Waals surface area contributed by atoms with Crippen LogP contribution in [0.15, 0.2) is 6.20 Å². The van der Waals surface area contributed by atoms with Gasteiger partial charge in [-0.15, -0.1) is 0 Å². The first-order valence-corrected chi connectivity index (χ1v) is 7.60. The molecule has 0 radical (unpaired) electrons. The third kappa shape index (κ3) is 2.66. The SMILES string of the molecule is Cn1ncc2c1CCCC2NC(=O)C1CCC(C(=O)O)C1. The maximum atomic E-state index is 12.4. The third-order valence-electron chi connectivity index (χ3n) is 4.84. The first-order valence-electron chi connectivity index (χ1n) is 7.60. The van der Waals surface area contributed by atoms with Crippen LogP contribution in [0, 0.1) is 11.8 Å². The molecule has 2 aliphatic carbocycles. The number of aryl methyl sites for hydroxylation is 1. The van der Waals surface area contributed by atoms with E-state index in [1.165, 1.54) is 5.69 Å². The molecular weight excluding hydrogens is 270 g/mol. The molecule has 1 fully saturated rings. The summed E-state index contributed by atoms with van der Waals surface area (Å²) >= 11 is 0. The van der Waals surface area contributed by atoms with Crippen LogP contribution in [0.1, 0.15) is 49.4 Å². The summed E-state index contributed by atoms with van der Waals surface area (Å²) in [5, 5.41) is 16.4. The molecule has 0 aliphatic heterocycles. The average molecular weight is 291 g/mol. The number of fused-ring (bicyclic) bond motifs is 1. The Morgan fingerprint density at radius 3 is 2.81 bits per heavy atom. The second-order valence-corrected chi connectivity index (χ2v) is 6.17. The molecule has 6 heteroatoms. The largest absolute Gasteiger partial charge is 0.481 e. The lowest BCUT2D eigenvalue weighted by atomic mass is 9.92. The Morgan fingerprint density at radius 1 is 1.33 bits per heavy atom. The zero-order valence-electron chi connectivity index (χ0n) is 12.2. The first kappa shape index (κ1) is 14.1. The monoisotopic (exact) mass is 291 g/mol. The van der Waals surface area contributed by atoms with Crippen molar-refractivity contribution in [1.82, 2.24) is 15.1 Å². The number of rotatable bonds is 3. The second-order valence-electron chi connectivity index (χ2n) is 6.17. The molecule has 6 nitrogen and oxygen atoms in total. The topological polar surface area (TPSA) is 84.2 Å². The molecule has 0 spiro atoms. The number of hydrogen-bond donors (Lipinski definition) is 2. The second kappa shape index (κ2) is 5.50. The van der Waals surface area contributed by atoms with Gasteiger partial charge >= 0.3 is 5.97 Å². The fraction of sp³-hybridized carbons (Fsp3) is 0.667. The first-order chi connectivity index (χ1) is 10.1. The lowest BCUT2D eigenvalue weighted by Crippen LogP contribution is -2.35. The van der Waals surface area contributed by atoms with Crippen molar-refractivity contribution in [3.8, 4) is 0 Å². The van der Waals surface area contributed by atoms with Gasteiger partial charge in [-0.2, -0.15) is 5.10 Å². The smallest absolute Gasteiger partial charge is 0.306 e. The van der Waals surface area contributed by atoms with Crippen molar-refractivity contribution in [2.45, 2.75) is 44.6 Å². The average Bonchev–Trinajstić information content (AvgIpc) is 3.07. The summed E-state index contributed by atoms with van der Waals surface area (Å²) in [6, 6.07) is 0.0267. The fourth-order valence-electron chi connectivity index (χ4n) is 3.59. The standard InChI is InChI=1S/C15H21N3O3/c1-18-13-4-2-3-12(11(13)8-16-18)17-14(19)9-5-6-10(7-9)15(20)21/h8-10,12H,2-7H2,1H3,(H,17,19)(H,20,21). The molecule has 3 atom stereocenters. The summed E-state index contributed by atoms with van der Waals surface area (Å²) in [5.74, 6) is -1.30. The van der Waals surface area contributed by atoms with Gasteiger partial charge in [0.15, 0.2) is 0 Å². The molecular formula is C15H21N3O3. The lowest BCUT2D eigenvalue weighted by Gasteiger charge is -2.25. The zero-order chi connectivity index (χ0) is 15.0. The van der Waals surface area contributed by atoms with Gasteiger partial charge < -0.3 is 10.4 Å². The number of aliphatic carboxylic acids is 1. The van der Waals surface area contributed by atoms with Gasteiger partial charge in [-0.1, -0.05) is 0 Å². The zero-order valence-corrected chi connectivity index (χ0v) is 12.2. The van der Waals surface area contributed by atoms with Crippen LogP contribution in [0.2, 0.25) is 0 Å². The van der Waals surface area contributed by atoms with Crippen molar-refractivity contribution < 1.29 is 14.7 Å². The summed E-state index contributed by atoms with van der Waals surface area (Å²) < 4.78 is 1.88. The molecule has 0 aromatic carbocycles. The highest BCUT2D eigenvalue weighted by Gasteiger charge is 2.35. The number of carbonyl (C=O) groups excluding carboxylic acids is 1. The molecule has 2 aliphatic rings. The molecule has 3 unspecified atom stereocenters. The van der Waals surface area contributed by atoms with Gasteiger partial charge in [0.1, 0.15) is 0 Å². The van der Waals surface area contributed by atoms with E-state index in [0.717, 1.165) is 24.8 Å². The van der Waals surface area contributed by atoms with E-state index < -0.39 is 5.97 Å². The molecule has 2 N–H and O–H groups in total. The Labute approximate surface area is 123 Å². The van der Waals surface area contributed by atoms with Gasteiger partial charge in [-0.25, -0.2) is 0 Å². The van der Waals surface area contributed by atoms with Crippen LogP contribution in [0.25, 0.3) is 0 Å². The lowest BCUT2D eigenvalue weighted by molar-refractivity contribution is -0.141. The van der Waals surface area contributed by atoms with Crippen molar-refractivity contribution >= 4 is 11.9 Å². The summed E-state index contributed by atoms with van der Waals surface area (Å²) in [6.07, 6.45) is 6.57. The van der Waals surface area contributed by atoms with E-state index in [2.05, 4.69) is 10.4 Å². The minimum atomic E-state index is -0.780. The van der Waals surface area contributed by atoms with Crippen molar-refractivity contribution in [3.05, 3.63) is 17.5 Å². The van der Waals surface area contributed by atoms with Crippen molar-refractivity contribution in [1.29, 1.82) is 0 Å². The molecule has 0 bridgehead atoms. The molecule has 1 heterocycles. The van der Waals surface area contributed by atoms with E-state index in [9.17, 15) is 9.59 Å². The van der Waals surface area contributed by atoms with Crippen molar-refractivity contribution in [2.24, 2.45) is 18.9 Å². The van der Waals surface area contributed by atoms with Crippen LogP contribution in [0.4, 0.5) is 0 Å². The predicted octanol–water partition coefficient (Wildman–Crippen LogP) is 1.41. The highest BCUT2D eigenvalue weighted by molar-refractivity contribution is 5.81. The Balaban J connectivity index is 1.65. The molecule has 1 saturated carbocycles. The maximum absolute atomic E-state index is 12.4. The van der Waals surface area contributed by atoms with Gasteiger partial charge in [0.2, 0.25) is 5.91 Å². The number of carbonyl (C=O) groups is 2. The van der Waals surface area contributed by atoms with E-state index in [-0.39, 0.29) is 23.8 Å². The number of nitrogens with one attached hydrogen (secondary N) is 1. The van der Waals surface area contributed by atoms with E-state index in [4.69, 9.17) is 5.11 Å². The van der Waals surface area contributed by atoms with Gasteiger partial charge in [0.25, 0.3) is 0 Å². The van der Waals surface area contributed by atoms with Gasteiger partial charge in [0, 0.05) is 24.2 Å². The van der Waals surface area contributed by atoms with E-state index >= 15 is 0 Å². The van der Waals surface area contributed by atoms with E-state index in [1.54, 1.807) is 0 Å². The Kier molecular flexibility index (Phi) is 3.69. The molecule has 3 rings (SSSR count). The van der Waals surface area contributed by atoms with Crippen LogP contribution >= 0.6 is 0 Å². The number of hydrogen-bond acceptors (Lipinski definition) is 3. The summed E-state index contributed by atoms with van der Waals surface area (Å²) in [7, 11) is 1.93. The normalized spacial score (nSPS) is 28.1. The number of carboxylic acid groups (broad SMARTS) is 1. The number of carboxylic acids is 1. The quantitative estimate of drug-likeness (QED) is 0.882. The van der Waals surface area contributed by atoms with Crippen LogP contribution in [0.5, 0.6) is 0 Å². The molecule has 1 aromatic rings. The molecule has 114 valence electrons. The van der Waals surface area contributed by atoms with E-state index in [0.29, 0.717) is 19.3 Å². The summed E-state index contributed by atoms with van der Waals surface area (Å²) in [5.41, 5.74) is 2.31. The number of amides is 1. The molecule has 0 saturated heterocycles. The molecule has 21 heavy (non-hydrogen) atoms. The van der Waals surface area contributed by atoms with Gasteiger partial charge in [-0.3, -0.25) is 14.3 Å². The minimum absolute atomic E-state index is 0.000420. The highest BCUT2D eigenvalue weighted by atomic mass is 16.4. The van der Waals surface area contributed by atoms with E-state index in [1.807, 2.05) is 17.9 Å². The highest BCUT2D eigenvalue weighted by Crippen LogP contribution is 2.33. The fourth-order valence-corrected chi connectivity index (χ4v) is 3.59. The molecule has 1 aromatic heterocycles. The predicted molar refractivity (Wildman–Crippen MR) is 75.5 cm³/mol. The summed E-state index contributed by atoms with van der Waals surface area (Å²) in [6.45, 7) is 0. The van der Waals surface area contributed by atoms with Gasteiger partial charge in [-0.05, 0) is 38.5 Å². The minimum Gasteiger partial charge on any atom is -0.481 e. The van der Waals surface area contributed by atoms with Crippen LogP contribution in [0.3, 0.4) is 0 Å². The third-order valence-corrected chi connectivity index (χ3v) is 4.84. The summed E-state index contributed by atoms with van der Waals surface area (Å²) in [4.78, 5) is 23.4. The Morgan fingerprint density at radius 2 is 2.10 bits per heavy atom. The van der Waals surface area contributed by atoms with Crippen molar-refractivity contribution in [3.63, 3.8) is 0 Å². The van der Waals surface area contributed by atoms with Crippen LogP contribution < -0.4 is 5.32 Å². The van der Waals surface area contributed by atoms with Gasteiger partial charge in [0.05, 0.1) is 18.2 Å². The maximum Gasteiger partial charge on any atom is 0.306 e. The number of nitrogens with zero attached hydrogens (tertiary/aromatic N) is 2. The number of aromatic nitrogens is 2. The van der Waals surface area contributed by atoms with Crippen LogP contribution in [-0.2, 0) is 23.1 Å². The van der Waals surface area contributed by atoms with Crippen LogP contribution in [-0.4, -0.2) is 26.8 Å². The Bertz CT molecular complexity index is 567.